The van der Waals surface area contributed by atoms with Gasteiger partial charge in [0.15, 0.2) is 5.13 Å². The first kappa shape index (κ1) is 16.9. The number of alkyl halides is 2. The van der Waals surface area contributed by atoms with E-state index in [4.69, 9.17) is 4.74 Å². The number of carbonyl (C=O) groups is 1. The number of ether oxygens (including phenoxy) is 1. The molecule has 3 rings (SSSR count). The topological polar surface area (TPSA) is 54.5 Å². The zero-order chi connectivity index (χ0) is 17.1. The van der Waals surface area contributed by atoms with Crippen molar-refractivity contribution in [1.82, 2.24) is 10.3 Å². The first-order valence-electron chi connectivity index (χ1n) is 7.82. The minimum Gasteiger partial charge on any atom is -0.497 e. The number of piperidine rings is 1. The molecule has 1 aromatic carbocycles. The Hall–Kier alpha value is -1.96. The maximum atomic E-state index is 12.2. The summed E-state index contributed by atoms with van der Waals surface area (Å²) in [6, 6.07) is 5.74. The zero-order valence-electron chi connectivity index (χ0n) is 13.3. The number of methoxy groups -OCH3 is 1. The van der Waals surface area contributed by atoms with Gasteiger partial charge in [-0.25, -0.2) is 13.8 Å². The Labute approximate surface area is 142 Å². The SMILES string of the molecule is COc1ccc2sc(N3CCCC(C(=O)NCC(F)F)C3)nc2c1. The van der Waals surface area contributed by atoms with Crippen LogP contribution < -0.4 is 15.0 Å². The number of carbonyl (C=O) groups excluding carboxylic acids is 1. The van der Waals surface area contributed by atoms with E-state index in [1.165, 1.54) is 0 Å². The van der Waals surface area contributed by atoms with Crippen LogP contribution in [0, 0.1) is 5.92 Å². The maximum absolute atomic E-state index is 12.2. The summed E-state index contributed by atoms with van der Waals surface area (Å²) in [7, 11) is 1.61. The molecular weight excluding hydrogens is 336 g/mol. The molecular formula is C16H19F2N3O2S. The highest BCUT2D eigenvalue weighted by atomic mass is 32.1. The van der Waals surface area contributed by atoms with E-state index in [9.17, 15) is 13.6 Å². The second kappa shape index (κ2) is 7.29. The van der Waals surface area contributed by atoms with Crippen LogP contribution in [0.25, 0.3) is 10.2 Å². The fraction of sp³-hybridized carbons (Fsp3) is 0.500. The van der Waals surface area contributed by atoms with Crippen molar-refractivity contribution < 1.29 is 18.3 Å². The van der Waals surface area contributed by atoms with E-state index in [2.05, 4.69) is 15.2 Å². The molecule has 1 saturated heterocycles. The van der Waals surface area contributed by atoms with Gasteiger partial charge in [-0.05, 0) is 25.0 Å². The summed E-state index contributed by atoms with van der Waals surface area (Å²) in [5, 5.41) is 3.17. The lowest BCUT2D eigenvalue weighted by molar-refractivity contribution is -0.125. The smallest absolute Gasteiger partial charge is 0.255 e. The van der Waals surface area contributed by atoms with Crippen molar-refractivity contribution >= 4 is 32.6 Å². The monoisotopic (exact) mass is 355 g/mol. The van der Waals surface area contributed by atoms with Gasteiger partial charge in [0, 0.05) is 19.2 Å². The number of aromatic nitrogens is 1. The van der Waals surface area contributed by atoms with Crippen LogP contribution in [0.2, 0.25) is 0 Å². The van der Waals surface area contributed by atoms with Crippen LogP contribution in [0.15, 0.2) is 18.2 Å². The van der Waals surface area contributed by atoms with Crippen LogP contribution in [-0.4, -0.2) is 44.1 Å². The number of hydrogen-bond donors (Lipinski definition) is 1. The van der Waals surface area contributed by atoms with E-state index in [0.29, 0.717) is 13.0 Å². The minimum absolute atomic E-state index is 0.279. The molecule has 8 heteroatoms. The molecule has 2 aromatic rings. The molecule has 24 heavy (non-hydrogen) atoms. The molecule has 1 aliphatic rings. The van der Waals surface area contributed by atoms with Gasteiger partial charge in [-0.15, -0.1) is 0 Å². The van der Waals surface area contributed by atoms with Crippen molar-refractivity contribution in [3.63, 3.8) is 0 Å². The number of benzene rings is 1. The molecule has 1 atom stereocenters. The second-order valence-electron chi connectivity index (χ2n) is 5.75. The summed E-state index contributed by atoms with van der Waals surface area (Å²) in [6.07, 6.45) is -0.969. The van der Waals surface area contributed by atoms with Crippen LogP contribution in [-0.2, 0) is 4.79 Å². The van der Waals surface area contributed by atoms with Gasteiger partial charge in [0.05, 0.1) is 29.8 Å². The van der Waals surface area contributed by atoms with Gasteiger partial charge in [-0.1, -0.05) is 11.3 Å². The highest BCUT2D eigenvalue weighted by Crippen LogP contribution is 2.33. The predicted octanol–water partition coefficient (Wildman–Crippen LogP) is 2.90. The van der Waals surface area contributed by atoms with E-state index in [1.807, 2.05) is 18.2 Å². The first-order valence-corrected chi connectivity index (χ1v) is 8.64. The number of amides is 1. The predicted molar refractivity (Wildman–Crippen MR) is 90.1 cm³/mol. The number of nitrogens with one attached hydrogen (secondary N) is 1. The normalized spacial score (nSPS) is 18.2. The molecule has 1 amide bonds. The summed E-state index contributed by atoms with van der Waals surface area (Å²) < 4.78 is 30.7. The van der Waals surface area contributed by atoms with E-state index >= 15 is 0 Å². The van der Waals surface area contributed by atoms with E-state index in [-0.39, 0.29) is 11.8 Å². The lowest BCUT2D eigenvalue weighted by atomic mass is 9.97. The van der Waals surface area contributed by atoms with Gasteiger partial charge >= 0.3 is 0 Å². The number of nitrogens with zero attached hydrogens (tertiary/aromatic N) is 2. The van der Waals surface area contributed by atoms with Crippen molar-refractivity contribution in [2.24, 2.45) is 5.92 Å². The third kappa shape index (κ3) is 3.75. The Kier molecular flexibility index (Phi) is 5.13. The van der Waals surface area contributed by atoms with Crippen LogP contribution in [0.3, 0.4) is 0 Å². The number of hydrogen-bond acceptors (Lipinski definition) is 5. The first-order chi connectivity index (χ1) is 11.6. The summed E-state index contributed by atoms with van der Waals surface area (Å²) in [4.78, 5) is 18.7. The largest absolute Gasteiger partial charge is 0.497 e. The molecule has 0 bridgehead atoms. The third-order valence-corrected chi connectivity index (χ3v) is 5.17. The molecule has 5 nitrogen and oxygen atoms in total. The summed E-state index contributed by atoms with van der Waals surface area (Å²) >= 11 is 1.56. The molecule has 1 aliphatic heterocycles. The molecule has 1 aromatic heterocycles. The molecule has 1 unspecified atom stereocenters. The van der Waals surface area contributed by atoms with Gasteiger partial charge in [-0.3, -0.25) is 4.79 Å². The Morgan fingerprint density at radius 1 is 1.54 bits per heavy atom. The molecule has 1 N–H and O–H groups in total. The Morgan fingerprint density at radius 2 is 2.38 bits per heavy atom. The van der Waals surface area contributed by atoms with Crippen molar-refractivity contribution in [3.8, 4) is 5.75 Å². The molecule has 130 valence electrons. The van der Waals surface area contributed by atoms with E-state index < -0.39 is 13.0 Å². The van der Waals surface area contributed by atoms with Crippen molar-refractivity contribution in [1.29, 1.82) is 0 Å². The number of thiazole rings is 1. The average molecular weight is 355 g/mol. The van der Waals surface area contributed by atoms with Crippen molar-refractivity contribution in [2.75, 3.05) is 31.6 Å². The average Bonchev–Trinajstić information content (AvgIpc) is 3.02. The van der Waals surface area contributed by atoms with Crippen LogP contribution in [0.1, 0.15) is 12.8 Å². The molecule has 2 heterocycles. The third-order valence-electron chi connectivity index (χ3n) is 4.08. The number of fused-ring (bicyclic) bond motifs is 1. The second-order valence-corrected chi connectivity index (χ2v) is 6.76. The summed E-state index contributed by atoms with van der Waals surface area (Å²) in [5.74, 6) is 0.170. The molecule has 0 saturated carbocycles. The molecule has 0 aliphatic carbocycles. The van der Waals surface area contributed by atoms with Crippen LogP contribution >= 0.6 is 11.3 Å². The number of rotatable bonds is 5. The zero-order valence-corrected chi connectivity index (χ0v) is 14.1. The van der Waals surface area contributed by atoms with Gasteiger partial charge < -0.3 is 15.0 Å². The number of anilines is 1. The van der Waals surface area contributed by atoms with Gasteiger partial charge in [-0.2, -0.15) is 0 Å². The molecule has 0 radical (unpaired) electrons. The minimum atomic E-state index is -2.52. The Bertz CT molecular complexity index is 722. The molecule has 0 spiro atoms. The highest BCUT2D eigenvalue weighted by molar-refractivity contribution is 7.22. The quantitative estimate of drug-likeness (QED) is 0.896. The van der Waals surface area contributed by atoms with E-state index in [0.717, 1.165) is 34.1 Å². The fourth-order valence-electron chi connectivity index (χ4n) is 2.84. The van der Waals surface area contributed by atoms with Crippen molar-refractivity contribution in [3.05, 3.63) is 18.2 Å². The van der Waals surface area contributed by atoms with Gasteiger partial charge in [0.25, 0.3) is 6.43 Å². The lowest BCUT2D eigenvalue weighted by Crippen LogP contribution is -2.44. The molecule has 1 fully saturated rings. The van der Waals surface area contributed by atoms with Gasteiger partial charge in [0.1, 0.15) is 5.75 Å². The van der Waals surface area contributed by atoms with Gasteiger partial charge in [0.2, 0.25) is 5.91 Å². The fourth-order valence-corrected chi connectivity index (χ4v) is 3.83. The van der Waals surface area contributed by atoms with Crippen LogP contribution in [0.5, 0.6) is 5.75 Å². The summed E-state index contributed by atoms with van der Waals surface area (Å²) in [5.41, 5.74) is 0.860. The lowest BCUT2D eigenvalue weighted by Gasteiger charge is -2.31. The maximum Gasteiger partial charge on any atom is 0.255 e. The highest BCUT2D eigenvalue weighted by Gasteiger charge is 2.27. The van der Waals surface area contributed by atoms with Crippen LogP contribution in [0.4, 0.5) is 13.9 Å². The Morgan fingerprint density at radius 3 is 3.12 bits per heavy atom. The van der Waals surface area contributed by atoms with Crippen molar-refractivity contribution in [2.45, 2.75) is 19.3 Å². The number of halogens is 2. The Balaban J connectivity index is 1.71. The summed E-state index contributed by atoms with van der Waals surface area (Å²) in [6.45, 7) is 0.734. The standard InChI is InChI=1S/C16H19F2N3O2S/c1-23-11-4-5-13-12(7-11)20-16(24-13)21-6-2-3-10(9-21)15(22)19-8-14(17)18/h4-5,7,10,14H,2-3,6,8-9H2,1H3,(H,19,22). The van der Waals surface area contributed by atoms with E-state index in [1.54, 1.807) is 18.4 Å².